The predicted octanol–water partition coefficient (Wildman–Crippen LogP) is 0.669. The third-order valence-electron chi connectivity index (χ3n) is 2.64. The van der Waals surface area contributed by atoms with Crippen molar-refractivity contribution in [2.45, 2.75) is 19.4 Å². The molecule has 1 aromatic heterocycles. The first-order chi connectivity index (χ1) is 8.97. The zero-order valence-corrected chi connectivity index (χ0v) is 10.2. The molecule has 7 heteroatoms. The van der Waals surface area contributed by atoms with Gasteiger partial charge in [-0.2, -0.15) is 0 Å². The van der Waals surface area contributed by atoms with Crippen molar-refractivity contribution in [2.75, 3.05) is 0 Å². The van der Waals surface area contributed by atoms with Gasteiger partial charge >= 0.3 is 5.97 Å². The highest BCUT2D eigenvalue weighted by molar-refractivity contribution is 5.73. The summed E-state index contributed by atoms with van der Waals surface area (Å²) in [6, 6.07) is 3.68. The molecule has 2 rings (SSSR count). The van der Waals surface area contributed by atoms with Crippen molar-refractivity contribution in [3.8, 4) is 5.69 Å². The molecule has 0 aliphatic rings. The minimum atomic E-state index is -1.11. The highest BCUT2D eigenvalue weighted by Crippen LogP contribution is 2.14. The molecule has 0 spiro atoms. The summed E-state index contributed by atoms with van der Waals surface area (Å²) in [6.45, 7) is 1.78. The molecule has 0 aliphatic heterocycles. The number of carboxylic acid groups (broad SMARTS) is 1. The standard InChI is InChI=1S/C12H13FN4O2/c1-7-2-3-11(9(13)4-7)17-6-8(15-16-17)5-10(14)12(18)19/h2-4,6,10H,5,14H2,1H3,(H,18,19). The number of aryl methyl sites for hydroxylation is 1. The summed E-state index contributed by atoms with van der Waals surface area (Å²) in [7, 11) is 0. The maximum atomic E-state index is 13.7. The Labute approximate surface area is 108 Å². The Morgan fingerprint density at radius 1 is 1.58 bits per heavy atom. The minimum absolute atomic E-state index is 0.0445. The van der Waals surface area contributed by atoms with Crippen LogP contribution in [-0.4, -0.2) is 32.1 Å². The lowest BCUT2D eigenvalue weighted by atomic mass is 10.2. The number of carbonyl (C=O) groups is 1. The minimum Gasteiger partial charge on any atom is -0.480 e. The number of carboxylic acids is 1. The molecular weight excluding hydrogens is 251 g/mol. The molecule has 0 bridgehead atoms. The van der Waals surface area contributed by atoms with E-state index in [1.54, 1.807) is 19.1 Å². The number of nitrogens with zero attached hydrogens (tertiary/aromatic N) is 3. The number of nitrogens with two attached hydrogens (primary N) is 1. The molecule has 1 aromatic carbocycles. The Hall–Kier alpha value is -2.28. The van der Waals surface area contributed by atoms with Crippen LogP contribution in [0.15, 0.2) is 24.4 Å². The first-order valence-corrected chi connectivity index (χ1v) is 5.63. The predicted molar refractivity (Wildman–Crippen MR) is 65.4 cm³/mol. The van der Waals surface area contributed by atoms with Crippen LogP contribution < -0.4 is 5.73 Å². The van der Waals surface area contributed by atoms with Crippen molar-refractivity contribution in [3.63, 3.8) is 0 Å². The number of aliphatic carboxylic acids is 1. The van der Waals surface area contributed by atoms with Crippen LogP contribution >= 0.6 is 0 Å². The fraction of sp³-hybridized carbons (Fsp3) is 0.250. The zero-order chi connectivity index (χ0) is 14.0. The average molecular weight is 264 g/mol. The van der Waals surface area contributed by atoms with E-state index in [-0.39, 0.29) is 12.1 Å². The Kier molecular flexibility index (Phi) is 3.57. The van der Waals surface area contributed by atoms with Crippen molar-refractivity contribution in [1.82, 2.24) is 15.0 Å². The van der Waals surface area contributed by atoms with E-state index in [1.165, 1.54) is 16.9 Å². The molecule has 1 atom stereocenters. The topological polar surface area (TPSA) is 94.0 Å². The van der Waals surface area contributed by atoms with Gasteiger partial charge in [0.2, 0.25) is 0 Å². The molecule has 2 aromatic rings. The molecule has 0 saturated carbocycles. The van der Waals surface area contributed by atoms with E-state index in [4.69, 9.17) is 10.8 Å². The van der Waals surface area contributed by atoms with Crippen LogP contribution in [0.4, 0.5) is 4.39 Å². The van der Waals surface area contributed by atoms with E-state index >= 15 is 0 Å². The van der Waals surface area contributed by atoms with Gasteiger partial charge in [-0.15, -0.1) is 5.10 Å². The normalized spacial score (nSPS) is 12.4. The second kappa shape index (κ2) is 5.15. The van der Waals surface area contributed by atoms with Crippen LogP contribution in [0.1, 0.15) is 11.3 Å². The van der Waals surface area contributed by atoms with E-state index < -0.39 is 17.8 Å². The van der Waals surface area contributed by atoms with Crippen LogP contribution in [0.3, 0.4) is 0 Å². The first-order valence-electron chi connectivity index (χ1n) is 5.63. The van der Waals surface area contributed by atoms with Gasteiger partial charge in [0, 0.05) is 6.42 Å². The van der Waals surface area contributed by atoms with Crippen molar-refractivity contribution in [2.24, 2.45) is 5.73 Å². The fourth-order valence-corrected chi connectivity index (χ4v) is 1.62. The van der Waals surface area contributed by atoms with Crippen LogP contribution in [0.5, 0.6) is 0 Å². The number of hydrogen-bond donors (Lipinski definition) is 2. The number of aromatic nitrogens is 3. The molecule has 3 N–H and O–H groups in total. The lowest BCUT2D eigenvalue weighted by Crippen LogP contribution is -2.32. The van der Waals surface area contributed by atoms with Crippen molar-refractivity contribution >= 4 is 5.97 Å². The second-order valence-electron chi connectivity index (χ2n) is 4.26. The molecule has 1 heterocycles. The Bertz CT molecular complexity index is 612. The Morgan fingerprint density at radius 3 is 2.95 bits per heavy atom. The third kappa shape index (κ3) is 2.94. The van der Waals surface area contributed by atoms with E-state index in [2.05, 4.69) is 10.3 Å². The summed E-state index contributed by atoms with van der Waals surface area (Å²) in [5, 5.41) is 16.3. The number of benzene rings is 1. The van der Waals surface area contributed by atoms with Crippen molar-refractivity contribution < 1.29 is 14.3 Å². The van der Waals surface area contributed by atoms with Crippen LogP contribution in [0.2, 0.25) is 0 Å². The second-order valence-corrected chi connectivity index (χ2v) is 4.26. The monoisotopic (exact) mass is 264 g/mol. The van der Waals surface area contributed by atoms with Gasteiger partial charge in [0.1, 0.15) is 17.5 Å². The molecular formula is C12H13FN4O2. The maximum absolute atomic E-state index is 13.7. The molecule has 1 unspecified atom stereocenters. The number of halogens is 1. The van der Waals surface area contributed by atoms with E-state index in [1.807, 2.05) is 0 Å². The van der Waals surface area contributed by atoms with E-state index in [9.17, 15) is 9.18 Å². The molecule has 0 amide bonds. The molecule has 0 radical (unpaired) electrons. The molecule has 19 heavy (non-hydrogen) atoms. The van der Waals surface area contributed by atoms with E-state index in [0.717, 1.165) is 5.56 Å². The van der Waals surface area contributed by atoms with Gasteiger partial charge in [-0.1, -0.05) is 11.3 Å². The summed E-state index contributed by atoms with van der Waals surface area (Å²) in [6.07, 6.45) is 1.51. The highest BCUT2D eigenvalue weighted by Gasteiger charge is 2.15. The summed E-state index contributed by atoms with van der Waals surface area (Å²) in [5.41, 5.74) is 6.85. The summed E-state index contributed by atoms with van der Waals surface area (Å²) in [4.78, 5) is 10.6. The van der Waals surface area contributed by atoms with Gasteiger partial charge in [0.15, 0.2) is 0 Å². The van der Waals surface area contributed by atoms with Crippen molar-refractivity contribution in [3.05, 3.63) is 41.5 Å². The fourth-order valence-electron chi connectivity index (χ4n) is 1.62. The average Bonchev–Trinajstić information content (AvgIpc) is 2.77. The third-order valence-corrected chi connectivity index (χ3v) is 2.64. The molecule has 0 saturated heterocycles. The van der Waals surface area contributed by atoms with Crippen molar-refractivity contribution in [1.29, 1.82) is 0 Å². The number of rotatable bonds is 4. The van der Waals surface area contributed by atoms with Gasteiger partial charge in [0.05, 0.1) is 11.9 Å². The number of hydrogen-bond acceptors (Lipinski definition) is 4. The smallest absolute Gasteiger partial charge is 0.320 e. The SMILES string of the molecule is Cc1ccc(-n2cc(CC(N)C(=O)O)nn2)c(F)c1. The van der Waals surface area contributed by atoms with Crippen LogP contribution in [-0.2, 0) is 11.2 Å². The quantitative estimate of drug-likeness (QED) is 0.846. The van der Waals surface area contributed by atoms with Crippen LogP contribution in [0.25, 0.3) is 5.69 Å². The summed E-state index contributed by atoms with van der Waals surface area (Å²) >= 11 is 0. The molecule has 0 fully saturated rings. The maximum Gasteiger partial charge on any atom is 0.320 e. The Balaban J connectivity index is 2.23. The van der Waals surface area contributed by atoms with Gasteiger partial charge in [-0.3, -0.25) is 4.79 Å². The molecule has 6 nitrogen and oxygen atoms in total. The highest BCUT2D eigenvalue weighted by atomic mass is 19.1. The van der Waals surface area contributed by atoms with Gasteiger partial charge < -0.3 is 10.8 Å². The summed E-state index contributed by atoms with van der Waals surface area (Å²) < 4.78 is 15.0. The molecule has 0 aliphatic carbocycles. The Morgan fingerprint density at radius 2 is 2.32 bits per heavy atom. The van der Waals surface area contributed by atoms with Gasteiger partial charge in [-0.25, -0.2) is 9.07 Å². The van der Waals surface area contributed by atoms with Gasteiger partial charge in [-0.05, 0) is 24.6 Å². The largest absolute Gasteiger partial charge is 0.480 e. The zero-order valence-electron chi connectivity index (χ0n) is 10.2. The van der Waals surface area contributed by atoms with E-state index in [0.29, 0.717) is 5.69 Å². The lowest BCUT2D eigenvalue weighted by Gasteiger charge is -2.03. The first kappa shape index (κ1) is 13.2. The van der Waals surface area contributed by atoms with Crippen LogP contribution in [0, 0.1) is 12.7 Å². The van der Waals surface area contributed by atoms with Gasteiger partial charge in [0.25, 0.3) is 0 Å². The summed E-state index contributed by atoms with van der Waals surface area (Å²) in [5.74, 6) is -1.53. The lowest BCUT2D eigenvalue weighted by molar-refractivity contribution is -0.138. The molecule has 100 valence electrons.